The highest BCUT2D eigenvalue weighted by Gasteiger charge is 2.15. The Balaban J connectivity index is 1.57. The van der Waals surface area contributed by atoms with Crippen LogP contribution in [-0.2, 0) is 4.79 Å². The average molecular weight is 320 g/mol. The van der Waals surface area contributed by atoms with Gasteiger partial charge in [0.1, 0.15) is 15.7 Å². The van der Waals surface area contributed by atoms with E-state index in [0.29, 0.717) is 5.75 Å². The van der Waals surface area contributed by atoms with Crippen molar-refractivity contribution in [2.45, 2.75) is 13.0 Å². The lowest BCUT2D eigenvalue weighted by molar-refractivity contribution is -0.119. The van der Waals surface area contributed by atoms with Crippen LogP contribution in [0.3, 0.4) is 0 Å². The summed E-state index contributed by atoms with van der Waals surface area (Å²) in [6.07, 6.45) is 0. The predicted molar refractivity (Wildman–Crippen MR) is 90.0 cm³/mol. The third kappa shape index (κ3) is 3.63. The quantitative estimate of drug-likeness (QED) is 0.937. The van der Waals surface area contributed by atoms with Gasteiger partial charge in [-0.25, -0.2) is 0 Å². The molecule has 0 saturated heterocycles. The minimum atomic E-state index is -0.135. The molecule has 6 heteroatoms. The van der Waals surface area contributed by atoms with E-state index in [1.807, 2.05) is 37.3 Å². The molecule has 4 nitrogen and oxygen atoms in total. The molecule has 21 heavy (non-hydrogen) atoms. The van der Waals surface area contributed by atoms with Crippen LogP contribution in [-0.4, -0.2) is 28.3 Å². The average Bonchev–Trinajstić information content (AvgIpc) is 3.14. The molecule has 1 unspecified atom stereocenters. The number of hydrogen-bond acceptors (Lipinski definition) is 5. The highest BCUT2D eigenvalue weighted by Crippen LogP contribution is 2.24. The van der Waals surface area contributed by atoms with Crippen LogP contribution >= 0.6 is 23.5 Å². The van der Waals surface area contributed by atoms with Crippen molar-refractivity contribution in [1.82, 2.24) is 5.32 Å². The van der Waals surface area contributed by atoms with E-state index in [2.05, 4.69) is 10.3 Å². The highest BCUT2D eigenvalue weighted by atomic mass is 32.2. The molecule has 0 radical (unpaired) electrons. The number of para-hydroxylation sites is 1. The molecule has 1 N–H and O–H groups in total. The molecule has 1 amide bonds. The maximum Gasteiger partial charge on any atom is 0.231 e. The van der Waals surface area contributed by atoms with E-state index in [-0.39, 0.29) is 11.9 Å². The first-order valence-corrected chi connectivity index (χ1v) is 8.77. The van der Waals surface area contributed by atoms with Crippen molar-refractivity contribution in [3.05, 3.63) is 36.1 Å². The van der Waals surface area contributed by atoms with Crippen LogP contribution in [0.2, 0.25) is 0 Å². The van der Waals surface area contributed by atoms with Crippen molar-refractivity contribution in [3.8, 4) is 0 Å². The maximum absolute atomic E-state index is 12.0. The number of benzene rings is 1. The number of amides is 1. The summed E-state index contributed by atoms with van der Waals surface area (Å²) in [5.41, 5.74) is 0.847. The Kier molecular flexibility index (Phi) is 4.55. The lowest BCUT2D eigenvalue weighted by atomic mass is 10.2. The minimum Gasteiger partial charge on any atom is -0.459 e. The summed E-state index contributed by atoms with van der Waals surface area (Å²) < 4.78 is 6.77. The van der Waals surface area contributed by atoms with Crippen molar-refractivity contribution < 1.29 is 9.21 Å². The molecule has 0 spiro atoms. The van der Waals surface area contributed by atoms with Gasteiger partial charge in [0.15, 0.2) is 0 Å². The minimum absolute atomic E-state index is 0.00292. The number of aliphatic imine (C=N–C) groups is 1. The van der Waals surface area contributed by atoms with Gasteiger partial charge in [0.2, 0.25) is 5.91 Å². The van der Waals surface area contributed by atoms with Gasteiger partial charge in [0, 0.05) is 11.1 Å². The molecule has 0 bridgehead atoms. The van der Waals surface area contributed by atoms with Gasteiger partial charge in [-0.1, -0.05) is 41.7 Å². The Hall–Kier alpha value is -1.40. The molecule has 3 rings (SSSR count). The molecule has 1 atom stereocenters. The molecule has 1 aromatic carbocycles. The Morgan fingerprint density at radius 3 is 3.14 bits per heavy atom. The zero-order valence-electron chi connectivity index (χ0n) is 11.7. The highest BCUT2D eigenvalue weighted by molar-refractivity contribution is 8.39. The number of rotatable bonds is 4. The van der Waals surface area contributed by atoms with Crippen LogP contribution in [0.25, 0.3) is 11.0 Å². The second kappa shape index (κ2) is 6.58. The standard InChI is InChI=1S/C15H16N2O2S2/c1-10(13-8-11-4-2-3-5-12(11)19-13)17-14(18)9-21-15-16-6-7-20-15/h2-5,8,10H,6-7,9H2,1H3,(H,17,18). The number of hydrogen-bond donors (Lipinski definition) is 1. The number of nitrogens with zero attached hydrogens (tertiary/aromatic N) is 1. The van der Waals surface area contributed by atoms with E-state index in [0.717, 1.165) is 33.4 Å². The van der Waals surface area contributed by atoms with Gasteiger partial charge >= 0.3 is 0 Å². The van der Waals surface area contributed by atoms with Gasteiger partial charge in [0.05, 0.1) is 18.3 Å². The first kappa shape index (κ1) is 14.5. The van der Waals surface area contributed by atoms with E-state index < -0.39 is 0 Å². The van der Waals surface area contributed by atoms with Crippen LogP contribution in [0.1, 0.15) is 18.7 Å². The van der Waals surface area contributed by atoms with Gasteiger partial charge in [-0.2, -0.15) is 0 Å². The van der Waals surface area contributed by atoms with Crippen molar-refractivity contribution in [2.24, 2.45) is 4.99 Å². The van der Waals surface area contributed by atoms with Crippen LogP contribution in [0.5, 0.6) is 0 Å². The number of furan rings is 1. The molecule has 1 aliphatic heterocycles. The number of fused-ring (bicyclic) bond motifs is 1. The molecule has 2 aromatic rings. The smallest absolute Gasteiger partial charge is 0.231 e. The lowest BCUT2D eigenvalue weighted by Gasteiger charge is -2.10. The summed E-state index contributed by atoms with van der Waals surface area (Å²) in [6, 6.07) is 9.69. The fourth-order valence-electron chi connectivity index (χ4n) is 2.10. The van der Waals surface area contributed by atoms with E-state index in [1.54, 1.807) is 11.8 Å². The Morgan fingerprint density at radius 2 is 2.38 bits per heavy atom. The summed E-state index contributed by atoms with van der Waals surface area (Å²) in [5, 5.41) is 4.02. The van der Waals surface area contributed by atoms with Gasteiger partial charge in [-0.05, 0) is 19.1 Å². The topological polar surface area (TPSA) is 54.6 Å². The van der Waals surface area contributed by atoms with Crippen LogP contribution in [0.4, 0.5) is 0 Å². The van der Waals surface area contributed by atoms with Gasteiger partial charge in [0.25, 0.3) is 0 Å². The third-order valence-electron chi connectivity index (χ3n) is 3.13. The number of thioether (sulfide) groups is 2. The predicted octanol–water partition coefficient (Wildman–Crippen LogP) is 3.45. The Bertz CT molecular complexity index is 648. The molecule has 0 aliphatic carbocycles. The van der Waals surface area contributed by atoms with E-state index in [1.165, 1.54) is 11.8 Å². The molecule has 1 aromatic heterocycles. The molecule has 0 saturated carbocycles. The molecular formula is C15H16N2O2S2. The number of carbonyl (C=O) groups excluding carboxylic acids is 1. The normalized spacial score (nSPS) is 16.0. The fraction of sp³-hybridized carbons (Fsp3) is 0.333. The fourth-order valence-corrected chi connectivity index (χ4v) is 3.92. The largest absolute Gasteiger partial charge is 0.459 e. The second-order valence-corrected chi connectivity index (χ2v) is 7.07. The third-order valence-corrected chi connectivity index (χ3v) is 5.39. The van der Waals surface area contributed by atoms with E-state index in [9.17, 15) is 4.79 Å². The lowest BCUT2D eigenvalue weighted by Crippen LogP contribution is -2.28. The SMILES string of the molecule is CC(NC(=O)CSC1=NCCS1)c1cc2ccccc2o1. The Morgan fingerprint density at radius 1 is 1.52 bits per heavy atom. The van der Waals surface area contributed by atoms with Crippen molar-refractivity contribution in [1.29, 1.82) is 0 Å². The molecule has 2 heterocycles. The van der Waals surface area contributed by atoms with Crippen LogP contribution in [0, 0.1) is 0 Å². The molecule has 0 fully saturated rings. The summed E-state index contributed by atoms with van der Waals surface area (Å²) >= 11 is 3.22. The summed E-state index contributed by atoms with van der Waals surface area (Å²) in [4.78, 5) is 16.3. The maximum atomic E-state index is 12.0. The number of nitrogens with one attached hydrogen (secondary N) is 1. The summed E-state index contributed by atoms with van der Waals surface area (Å²) in [7, 11) is 0. The van der Waals surface area contributed by atoms with Crippen molar-refractivity contribution >= 4 is 44.8 Å². The van der Waals surface area contributed by atoms with E-state index in [4.69, 9.17) is 4.42 Å². The first-order valence-electron chi connectivity index (χ1n) is 6.80. The van der Waals surface area contributed by atoms with Gasteiger partial charge in [-0.3, -0.25) is 9.79 Å². The zero-order valence-corrected chi connectivity index (χ0v) is 13.3. The van der Waals surface area contributed by atoms with Crippen molar-refractivity contribution in [2.75, 3.05) is 18.1 Å². The van der Waals surface area contributed by atoms with Gasteiger partial charge in [-0.15, -0.1) is 0 Å². The monoisotopic (exact) mass is 320 g/mol. The molecule has 110 valence electrons. The zero-order chi connectivity index (χ0) is 14.7. The first-order chi connectivity index (χ1) is 10.2. The van der Waals surface area contributed by atoms with Gasteiger partial charge < -0.3 is 9.73 Å². The van der Waals surface area contributed by atoms with E-state index >= 15 is 0 Å². The van der Waals surface area contributed by atoms with Crippen molar-refractivity contribution in [3.63, 3.8) is 0 Å². The number of carbonyl (C=O) groups is 1. The van der Waals surface area contributed by atoms with Crippen LogP contribution in [0.15, 0.2) is 39.7 Å². The van der Waals surface area contributed by atoms with Crippen LogP contribution < -0.4 is 5.32 Å². The second-order valence-electron chi connectivity index (χ2n) is 4.76. The molecular weight excluding hydrogens is 304 g/mol. The Labute approximate surface area is 131 Å². The summed E-state index contributed by atoms with van der Waals surface area (Å²) in [6.45, 7) is 2.80. The molecule has 1 aliphatic rings. The summed E-state index contributed by atoms with van der Waals surface area (Å²) in [5.74, 6) is 2.21.